The molecular weight excluding hydrogens is 658 g/mol. The summed E-state index contributed by atoms with van der Waals surface area (Å²) < 4.78 is 6.49. The van der Waals surface area contributed by atoms with Crippen molar-refractivity contribution in [1.82, 2.24) is 25.1 Å². The van der Waals surface area contributed by atoms with Gasteiger partial charge < -0.3 is 24.8 Å². The second kappa shape index (κ2) is 16.4. The van der Waals surface area contributed by atoms with Gasteiger partial charge in [-0.15, -0.1) is 0 Å². The van der Waals surface area contributed by atoms with Gasteiger partial charge >= 0.3 is 0 Å². The number of amidine groups is 1. The third-order valence-electron chi connectivity index (χ3n) is 9.94. The number of allylic oxidation sites excluding steroid dienone is 1. The molecule has 6 rings (SSSR count). The van der Waals surface area contributed by atoms with E-state index in [1.54, 1.807) is 11.8 Å². The van der Waals surface area contributed by atoms with Gasteiger partial charge in [0.1, 0.15) is 17.1 Å². The average Bonchev–Trinajstić information content (AvgIpc) is 3.59. The van der Waals surface area contributed by atoms with Crippen molar-refractivity contribution in [1.29, 1.82) is 0 Å². The standard InChI is InChI=1S/C41H52ClN7O2/c1-6-43-40(44-17-7-19-47(4)5)38(50)35-13-12-33(25-37(35)51-34-24-30-15-18-45-39(30)46-27-34)49-22-20-48(21-23-49)28-31-14-16-41(2,3)26-36(31)29-8-10-32(42)11-9-29/h8-13,15,18,24-25,27H,6-7,14,16-17,19-23,26,28H2,1-5H3,(H,43,44)(H,45,46). The number of ketones is 1. The lowest BCUT2D eigenvalue weighted by Crippen LogP contribution is -2.47. The number of aromatic nitrogens is 2. The van der Waals surface area contributed by atoms with Gasteiger partial charge in [0, 0.05) is 74.2 Å². The van der Waals surface area contributed by atoms with Crippen LogP contribution < -0.4 is 15.0 Å². The number of nitrogens with one attached hydrogen (secondary N) is 2. The van der Waals surface area contributed by atoms with Crippen LogP contribution in [0.5, 0.6) is 11.5 Å². The molecule has 0 amide bonds. The van der Waals surface area contributed by atoms with Gasteiger partial charge in [-0.3, -0.25) is 14.7 Å². The fraction of sp³-hybridized carbons (Fsp3) is 0.439. The van der Waals surface area contributed by atoms with Crippen LogP contribution in [0.25, 0.3) is 16.6 Å². The molecule has 4 aromatic rings. The smallest absolute Gasteiger partial charge is 0.231 e. The first-order valence-electron chi connectivity index (χ1n) is 18.3. The number of aliphatic imine (C=N–C) groups is 1. The first kappa shape index (κ1) is 36.6. The number of pyridine rings is 1. The van der Waals surface area contributed by atoms with Gasteiger partial charge in [0.2, 0.25) is 5.78 Å². The topological polar surface area (TPSA) is 89.1 Å². The molecule has 0 spiro atoms. The molecule has 0 saturated carbocycles. The van der Waals surface area contributed by atoms with Crippen LogP contribution in [0.2, 0.25) is 5.02 Å². The summed E-state index contributed by atoms with van der Waals surface area (Å²) in [6.07, 6.45) is 7.83. The Morgan fingerprint density at radius 2 is 1.86 bits per heavy atom. The maximum absolute atomic E-state index is 14.0. The molecule has 0 bridgehead atoms. The molecule has 2 aromatic carbocycles. The summed E-state index contributed by atoms with van der Waals surface area (Å²) in [6, 6.07) is 18.2. The zero-order chi connectivity index (χ0) is 36.0. The lowest BCUT2D eigenvalue weighted by atomic mass is 9.72. The molecule has 1 aliphatic heterocycles. The van der Waals surface area contributed by atoms with Crippen LogP contribution in [0.15, 0.2) is 77.6 Å². The van der Waals surface area contributed by atoms with Crippen molar-refractivity contribution in [3.8, 4) is 11.5 Å². The second-order valence-electron chi connectivity index (χ2n) is 14.8. The number of likely N-dealkylation sites (N-methyl/N-ethyl adjacent to an activating group) is 1. The Hall–Kier alpha value is -4.18. The molecule has 0 radical (unpaired) electrons. The Labute approximate surface area is 307 Å². The number of fused-ring (bicyclic) bond motifs is 1. The van der Waals surface area contributed by atoms with E-state index in [0.29, 0.717) is 41.4 Å². The van der Waals surface area contributed by atoms with Crippen molar-refractivity contribution in [2.24, 2.45) is 10.4 Å². The maximum Gasteiger partial charge on any atom is 0.231 e. The SMILES string of the molecule is CCNC(=NCCCN(C)C)C(=O)c1ccc(N2CCN(CC3=C(c4ccc(Cl)cc4)CC(C)(C)CC3)CC2)cc1Oc1cnc2[nH]ccc2c1. The molecule has 1 saturated heterocycles. The van der Waals surface area contributed by atoms with Crippen molar-refractivity contribution in [2.45, 2.75) is 46.5 Å². The summed E-state index contributed by atoms with van der Waals surface area (Å²) in [6.45, 7) is 13.5. The molecule has 51 heavy (non-hydrogen) atoms. The number of anilines is 1. The zero-order valence-electron chi connectivity index (χ0n) is 30.8. The van der Waals surface area contributed by atoms with Crippen LogP contribution in [0.1, 0.15) is 62.4 Å². The summed E-state index contributed by atoms with van der Waals surface area (Å²) in [4.78, 5) is 33.4. The van der Waals surface area contributed by atoms with Crippen LogP contribution in [-0.4, -0.2) is 97.8 Å². The minimum absolute atomic E-state index is 0.177. The highest BCUT2D eigenvalue weighted by Crippen LogP contribution is 2.43. The van der Waals surface area contributed by atoms with E-state index in [0.717, 1.165) is 80.3 Å². The lowest BCUT2D eigenvalue weighted by molar-refractivity contribution is 0.105. The quantitative estimate of drug-likeness (QED) is 0.0631. The number of rotatable bonds is 13. The number of H-pyrrole nitrogens is 1. The molecule has 1 aliphatic carbocycles. The molecule has 2 N–H and O–H groups in total. The summed E-state index contributed by atoms with van der Waals surface area (Å²) in [5.41, 5.74) is 6.92. The minimum atomic E-state index is -0.177. The number of aromatic amines is 1. The number of Topliss-reactive ketones (excluding diaryl/α,β-unsaturated/α-hetero) is 1. The summed E-state index contributed by atoms with van der Waals surface area (Å²) in [5, 5.41) is 4.93. The van der Waals surface area contributed by atoms with Crippen molar-refractivity contribution >= 4 is 45.5 Å². The van der Waals surface area contributed by atoms with Crippen LogP contribution in [0.3, 0.4) is 0 Å². The molecule has 3 heterocycles. The number of hydrogen-bond donors (Lipinski definition) is 2. The largest absolute Gasteiger partial charge is 0.455 e. The van der Waals surface area contributed by atoms with Crippen molar-refractivity contribution < 1.29 is 9.53 Å². The number of nitrogens with zero attached hydrogens (tertiary/aromatic N) is 5. The van der Waals surface area contributed by atoms with E-state index in [-0.39, 0.29) is 5.78 Å². The molecule has 0 atom stereocenters. The highest BCUT2D eigenvalue weighted by molar-refractivity contribution is 6.45. The molecule has 2 aliphatic rings. The Bertz CT molecular complexity index is 1870. The number of halogens is 1. The molecule has 10 heteroatoms. The van der Waals surface area contributed by atoms with Gasteiger partial charge in [0.15, 0.2) is 5.84 Å². The third kappa shape index (κ3) is 9.39. The Kier molecular flexibility index (Phi) is 11.8. The molecular formula is C41H52ClN7O2. The maximum atomic E-state index is 14.0. The molecule has 0 unspecified atom stereocenters. The highest BCUT2D eigenvalue weighted by Gasteiger charge is 2.30. The van der Waals surface area contributed by atoms with E-state index in [1.807, 2.05) is 69.7 Å². The van der Waals surface area contributed by atoms with Gasteiger partial charge in [0.25, 0.3) is 0 Å². The van der Waals surface area contributed by atoms with Gasteiger partial charge in [-0.25, -0.2) is 4.98 Å². The second-order valence-corrected chi connectivity index (χ2v) is 15.2. The number of carbonyl (C=O) groups is 1. The van der Waals surface area contributed by atoms with Crippen LogP contribution in [0.4, 0.5) is 5.69 Å². The Morgan fingerprint density at radius 3 is 2.61 bits per heavy atom. The number of hydrogen-bond acceptors (Lipinski definition) is 7. The van der Waals surface area contributed by atoms with Gasteiger partial charge in [-0.05, 0) is 106 Å². The first-order chi connectivity index (χ1) is 24.6. The summed E-state index contributed by atoms with van der Waals surface area (Å²) in [5.74, 6) is 1.26. The van der Waals surface area contributed by atoms with Gasteiger partial charge in [-0.2, -0.15) is 0 Å². The van der Waals surface area contributed by atoms with Crippen molar-refractivity contribution in [3.63, 3.8) is 0 Å². The molecule has 9 nitrogen and oxygen atoms in total. The monoisotopic (exact) mass is 709 g/mol. The van der Waals surface area contributed by atoms with Crippen molar-refractivity contribution in [3.05, 3.63) is 88.7 Å². The number of ether oxygens (including phenoxy) is 1. The van der Waals surface area contributed by atoms with Crippen LogP contribution >= 0.6 is 11.6 Å². The zero-order valence-corrected chi connectivity index (χ0v) is 31.5. The molecule has 270 valence electrons. The normalized spacial score (nSPS) is 17.0. The fourth-order valence-corrected chi connectivity index (χ4v) is 7.19. The van der Waals surface area contributed by atoms with E-state index < -0.39 is 0 Å². The van der Waals surface area contributed by atoms with E-state index in [4.69, 9.17) is 16.3 Å². The van der Waals surface area contributed by atoms with E-state index in [1.165, 1.54) is 17.6 Å². The Balaban J connectivity index is 1.21. The molecule has 1 fully saturated rings. The van der Waals surface area contributed by atoms with Gasteiger partial charge in [-0.1, -0.05) is 43.2 Å². The van der Waals surface area contributed by atoms with Crippen LogP contribution in [0, 0.1) is 5.41 Å². The van der Waals surface area contributed by atoms with E-state index >= 15 is 0 Å². The van der Waals surface area contributed by atoms with Crippen molar-refractivity contribution in [2.75, 3.05) is 71.4 Å². The molecule has 2 aromatic heterocycles. The van der Waals surface area contributed by atoms with Gasteiger partial charge in [0.05, 0.1) is 11.8 Å². The predicted octanol–water partition coefficient (Wildman–Crippen LogP) is 7.94. The number of benzene rings is 2. The highest BCUT2D eigenvalue weighted by atomic mass is 35.5. The lowest BCUT2D eigenvalue weighted by Gasteiger charge is -2.39. The Morgan fingerprint density at radius 1 is 1.08 bits per heavy atom. The fourth-order valence-electron chi connectivity index (χ4n) is 7.06. The summed E-state index contributed by atoms with van der Waals surface area (Å²) in [7, 11) is 4.08. The average molecular weight is 710 g/mol. The van der Waals surface area contributed by atoms with E-state index in [9.17, 15) is 4.79 Å². The number of piperazine rings is 1. The van der Waals surface area contributed by atoms with Crippen LogP contribution in [-0.2, 0) is 0 Å². The first-order valence-corrected chi connectivity index (χ1v) is 18.6. The predicted molar refractivity (Wildman–Crippen MR) is 211 cm³/mol. The third-order valence-corrected chi connectivity index (χ3v) is 10.2. The summed E-state index contributed by atoms with van der Waals surface area (Å²) >= 11 is 6.25. The minimum Gasteiger partial charge on any atom is -0.455 e. The van der Waals surface area contributed by atoms with E-state index in [2.05, 4.69) is 61.0 Å². The number of carbonyl (C=O) groups excluding carboxylic acids is 1.